The first kappa shape index (κ1) is 47.4. The minimum Gasteiger partial charge on any atom is -0.459 e. The van der Waals surface area contributed by atoms with Gasteiger partial charge in [0, 0.05) is 38.7 Å². The van der Waals surface area contributed by atoms with Gasteiger partial charge in [-0.25, -0.2) is 4.79 Å². The Morgan fingerprint density at radius 1 is 0.762 bits per heavy atom. The van der Waals surface area contributed by atoms with Crippen molar-refractivity contribution in [1.82, 2.24) is 0 Å². The molecule has 0 radical (unpaired) electrons. The molecule has 4 saturated heterocycles. The summed E-state index contributed by atoms with van der Waals surface area (Å²) < 4.78 is 46.7. The summed E-state index contributed by atoms with van der Waals surface area (Å²) >= 11 is 0. The average Bonchev–Trinajstić information content (AvgIpc) is 3.77. The number of fused-ring (bicyclic) bond motifs is 2. The van der Waals surface area contributed by atoms with Gasteiger partial charge in [0.2, 0.25) is 0 Å². The lowest BCUT2D eigenvalue weighted by atomic mass is 9.80. The number of esters is 1. The second-order valence-corrected chi connectivity index (χ2v) is 23.8. The van der Waals surface area contributed by atoms with Crippen LogP contribution in [0.1, 0.15) is 110 Å². The van der Waals surface area contributed by atoms with E-state index in [4.69, 9.17) is 32.8 Å². The van der Waals surface area contributed by atoms with Crippen LogP contribution in [0.3, 0.4) is 0 Å². The fraction of sp³-hybridized carbons (Fsp3) is 0.596. The number of Topliss-reactive ketones (excluding diaryl/α,β-unsaturated/α-hetero) is 1. The number of carbonyl (C=O) groups excluding carboxylic acids is 3. The lowest BCUT2D eigenvalue weighted by Crippen LogP contribution is -2.69. The number of carbonyl (C=O) groups is 3. The Hall–Kier alpha value is -3.55. The molecule has 0 saturated carbocycles. The molecule has 0 bridgehead atoms. The lowest BCUT2D eigenvalue weighted by Gasteiger charge is -2.49. The minimum atomic E-state index is -3.01. The normalized spacial score (nSPS) is 31.7. The second kappa shape index (κ2) is 20.7. The molecule has 0 amide bonds. The van der Waals surface area contributed by atoms with Crippen molar-refractivity contribution in [3.05, 3.63) is 96.6 Å². The Morgan fingerprint density at radius 3 is 1.98 bits per heavy atom. The monoisotopic (exact) mass is 882 g/mol. The summed E-state index contributed by atoms with van der Waals surface area (Å²) in [5.74, 6) is -0.173. The van der Waals surface area contributed by atoms with Crippen LogP contribution in [0.5, 0.6) is 0 Å². The van der Waals surface area contributed by atoms with E-state index in [1.165, 1.54) is 0 Å². The first-order valence-corrected chi connectivity index (χ1v) is 25.3. The molecule has 3 aromatic rings. The summed E-state index contributed by atoms with van der Waals surface area (Å²) in [7, 11) is -1.31. The second-order valence-electron chi connectivity index (χ2n) is 19.6. The maximum absolute atomic E-state index is 14.1. The zero-order valence-corrected chi connectivity index (χ0v) is 39.6. The molecule has 3 aromatic carbocycles. The van der Waals surface area contributed by atoms with Crippen LogP contribution in [0.25, 0.3) is 0 Å². The third-order valence-corrected chi connectivity index (χ3v) is 19.5. The molecule has 4 aliphatic rings. The van der Waals surface area contributed by atoms with Crippen LogP contribution in [0, 0.1) is 17.8 Å². The summed E-state index contributed by atoms with van der Waals surface area (Å²) in [6.45, 7) is 15.1. The molecular weight excluding hydrogens is 813 g/mol. The average molecular weight is 883 g/mol. The van der Waals surface area contributed by atoms with Crippen molar-refractivity contribution in [3.8, 4) is 0 Å². The van der Waals surface area contributed by atoms with Gasteiger partial charge in [-0.2, -0.15) is 0 Å². The fourth-order valence-corrected chi connectivity index (χ4v) is 15.7. The Kier molecular flexibility index (Phi) is 15.6. The summed E-state index contributed by atoms with van der Waals surface area (Å²) in [6.07, 6.45) is 2.12. The van der Waals surface area contributed by atoms with E-state index in [9.17, 15) is 14.4 Å². The Balaban J connectivity index is 1.03. The molecule has 4 heterocycles. The predicted molar refractivity (Wildman–Crippen MR) is 245 cm³/mol. The molecule has 0 N–H and O–H groups in total. The lowest BCUT2D eigenvalue weighted by molar-refractivity contribution is -0.238. The smallest absolute Gasteiger partial charge is 0.338 e. The van der Waals surface area contributed by atoms with Gasteiger partial charge in [0.25, 0.3) is 8.32 Å². The maximum Gasteiger partial charge on any atom is 0.338 e. The molecule has 11 heteroatoms. The Labute approximate surface area is 376 Å². The SMILES string of the molecule is CC[C@H](C[C@H]1O[C@@H](CC(C)OC)[C@H](CC(=O)C[C@H]2CC[C@@H]3O[C@H]4[C@@H](O[Si](c5ccccc5)(c5ccccc5)C(C)(C)C)[C@@H](CC=O)O[C@H]4[C@@H](C)[C@H]3O2)[C@H]1C)OC(=O)c1ccccc1. The van der Waals surface area contributed by atoms with Gasteiger partial charge in [-0.15, -0.1) is 0 Å². The number of hydrogen-bond acceptors (Lipinski definition) is 10. The van der Waals surface area contributed by atoms with Crippen molar-refractivity contribution < 1.29 is 47.2 Å². The van der Waals surface area contributed by atoms with Gasteiger partial charge in [0.1, 0.15) is 30.4 Å². The zero-order valence-electron chi connectivity index (χ0n) is 38.6. The number of aldehydes is 1. The highest BCUT2D eigenvalue weighted by Crippen LogP contribution is 2.47. The molecule has 0 aromatic heterocycles. The number of benzene rings is 3. The van der Waals surface area contributed by atoms with Gasteiger partial charge >= 0.3 is 5.97 Å². The van der Waals surface area contributed by atoms with Crippen molar-refractivity contribution in [2.75, 3.05) is 7.11 Å². The molecule has 0 aliphatic carbocycles. The van der Waals surface area contributed by atoms with Crippen LogP contribution in [0.4, 0.5) is 0 Å². The highest BCUT2D eigenvalue weighted by Gasteiger charge is 2.60. The van der Waals surface area contributed by atoms with Crippen molar-refractivity contribution in [2.45, 2.75) is 172 Å². The van der Waals surface area contributed by atoms with Gasteiger partial charge in [-0.3, -0.25) is 4.79 Å². The molecule has 1 unspecified atom stereocenters. The molecular formula is C52H70O10Si. The van der Waals surface area contributed by atoms with Crippen LogP contribution in [0.2, 0.25) is 5.04 Å². The van der Waals surface area contributed by atoms with E-state index in [0.717, 1.165) is 23.1 Å². The molecule has 4 fully saturated rings. The van der Waals surface area contributed by atoms with E-state index in [-0.39, 0.29) is 95.9 Å². The fourth-order valence-electron chi connectivity index (χ4n) is 11.0. The maximum atomic E-state index is 14.1. The summed E-state index contributed by atoms with van der Waals surface area (Å²) in [5.41, 5.74) is 0.527. The Bertz CT molecular complexity index is 1900. The molecule has 14 atom stereocenters. The summed E-state index contributed by atoms with van der Waals surface area (Å²) in [6, 6.07) is 30.1. The van der Waals surface area contributed by atoms with Crippen LogP contribution in [-0.4, -0.2) is 101 Å². The topological polar surface area (TPSA) is 116 Å². The molecule has 4 aliphatic heterocycles. The molecule has 10 nitrogen and oxygen atoms in total. The van der Waals surface area contributed by atoms with Gasteiger partial charge in [-0.1, -0.05) is 120 Å². The van der Waals surface area contributed by atoms with Crippen molar-refractivity contribution in [1.29, 1.82) is 0 Å². The van der Waals surface area contributed by atoms with Gasteiger partial charge < -0.3 is 37.6 Å². The first-order chi connectivity index (χ1) is 30.3. The Morgan fingerprint density at radius 2 is 1.40 bits per heavy atom. The van der Waals surface area contributed by atoms with Crippen molar-refractivity contribution in [2.24, 2.45) is 17.8 Å². The zero-order chi connectivity index (χ0) is 44.9. The molecule has 7 rings (SSSR count). The number of methoxy groups -OCH3 is 1. The van der Waals surface area contributed by atoms with E-state index < -0.39 is 20.5 Å². The highest BCUT2D eigenvalue weighted by atomic mass is 28.4. The quantitative estimate of drug-likeness (QED) is 0.0706. The number of hydrogen-bond donors (Lipinski definition) is 0. The van der Waals surface area contributed by atoms with Crippen LogP contribution >= 0.6 is 0 Å². The predicted octanol–water partition coefficient (Wildman–Crippen LogP) is 8.06. The molecule has 63 heavy (non-hydrogen) atoms. The standard InChI is InChI=1S/C52H70O10Si/c1-9-38(58-51(55)36-19-13-10-14-20-36)32-45-34(3)42(46(59-45)29-33(2)56-8)31-37(54)30-39-25-26-43-47(57-39)35(4)48-50(61-43)49(44(60-48)27-28-53)62-63(52(5,6)7,40-21-15-11-16-22-40)41-23-17-12-18-24-41/h10-24,28,33-35,38-39,42-50H,9,25-27,29-32H2,1-8H3/t33?,34-,35+,38-,39-,42-,43+,44-,45-,46+,47-,48+,49+,50-/m1/s1. The number of rotatable bonds is 18. The number of ketones is 1. The van der Waals surface area contributed by atoms with Gasteiger partial charge in [-0.05, 0) is 72.0 Å². The van der Waals surface area contributed by atoms with Crippen molar-refractivity contribution in [3.63, 3.8) is 0 Å². The van der Waals surface area contributed by atoms with E-state index >= 15 is 0 Å². The third-order valence-electron chi connectivity index (χ3n) is 14.5. The molecule has 342 valence electrons. The van der Waals surface area contributed by atoms with Crippen molar-refractivity contribution >= 4 is 36.7 Å². The molecule has 0 spiro atoms. The van der Waals surface area contributed by atoms with E-state index in [1.807, 2.05) is 44.2 Å². The minimum absolute atomic E-state index is 0.00872. The van der Waals surface area contributed by atoms with E-state index in [2.05, 4.69) is 83.1 Å². The highest BCUT2D eigenvalue weighted by molar-refractivity contribution is 6.99. The van der Waals surface area contributed by atoms with E-state index in [1.54, 1.807) is 19.2 Å². The summed E-state index contributed by atoms with van der Waals surface area (Å²) in [5, 5.41) is 2.06. The van der Waals surface area contributed by atoms with Gasteiger partial charge in [0.05, 0.1) is 54.4 Å². The van der Waals surface area contributed by atoms with Crippen LogP contribution in [0.15, 0.2) is 91.0 Å². The number of ether oxygens (including phenoxy) is 6. The summed E-state index contributed by atoms with van der Waals surface area (Å²) in [4.78, 5) is 39.3. The van der Waals surface area contributed by atoms with Crippen LogP contribution < -0.4 is 10.4 Å². The van der Waals surface area contributed by atoms with Gasteiger partial charge in [0.15, 0.2) is 0 Å². The largest absolute Gasteiger partial charge is 0.459 e. The first-order valence-electron chi connectivity index (χ1n) is 23.4. The third kappa shape index (κ3) is 10.3. The van der Waals surface area contributed by atoms with E-state index in [0.29, 0.717) is 44.1 Å². The van der Waals surface area contributed by atoms with Crippen LogP contribution in [-0.2, 0) is 42.4 Å².